The first-order valence-corrected chi connectivity index (χ1v) is 30.0. The maximum Gasteiger partial charge on any atom is 0.220 e. The molecular formula is C60H115NO8. The van der Waals surface area contributed by atoms with Crippen molar-refractivity contribution < 1.29 is 39.8 Å². The molecule has 1 aliphatic heterocycles. The summed E-state index contributed by atoms with van der Waals surface area (Å²) in [6.45, 7) is 3.83. The summed E-state index contributed by atoms with van der Waals surface area (Å²) in [5.41, 5.74) is 0. The molecule has 6 N–H and O–H groups in total. The highest BCUT2D eigenvalue weighted by Gasteiger charge is 2.44. The summed E-state index contributed by atoms with van der Waals surface area (Å²) >= 11 is 0. The molecule has 0 aromatic rings. The molecular weight excluding hydrogens is 863 g/mol. The van der Waals surface area contributed by atoms with Crippen LogP contribution in [-0.4, -0.2) is 87.5 Å². The van der Waals surface area contributed by atoms with Crippen LogP contribution in [0.1, 0.15) is 296 Å². The van der Waals surface area contributed by atoms with Crippen LogP contribution in [0.4, 0.5) is 0 Å². The van der Waals surface area contributed by atoms with Gasteiger partial charge >= 0.3 is 0 Å². The molecule has 69 heavy (non-hydrogen) atoms. The highest BCUT2D eigenvalue weighted by molar-refractivity contribution is 5.76. The van der Waals surface area contributed by atoms with Gasteiger partial charge in [0.15, 0.2) is 6.29 Å². The third-order valence-electron chi connectivity index (χ3n) is 14.6. The smallest absolute Gasteiger partial charge is 0.220 e. The SMILES string of the molecule is CCCCC/C=C\C/C=C\CCCCCCCC(=O)NC(COC1OC(CO)C(O)C(O)C1O)C(O)CCCCCCCCCCCCCCCCCCCCCCCCCCCCCCCCC. The first-order valence-electron chi connectivity index (χ1n) is 30.0. The normalized spacial score (nSPS) is 19.6. The zero-order chi connectivity index (χ0) is 50.1. The van der Waals surface area contributed by atoms with Gasteiger partial charge in [0.25, 0.3) is 0 Å². The van der Waals surface area contributed by atoms with E-state index in [2.05, 4.69) is 43.5 Å². The van der Waals surface area contributed by atoms with Crippen LogP contribution in [0.3, 0.4) is 0 Å². The number of allylic oxidation sites excluding steroid dienone is 4. The summed E-state index contributed by atoms with van der Waals surface area (Å²) in [4.78, 5) is 13.0. The standard InChI is InChI=1S/C60H115NO8/c1-3-5-7-9-11-13-15-17-19-20-21-22-23-24-25-26-27-28-29-30-31-32-33-34-36-37-39-41-43-45-47-49-54(63)53(52-68-60-59(67)58(66)57(65)55(51-62)69-60)61-56(64)50-48-46-44-42-40-38-35-18-16-14-12-10-8-6-4-2/h12,14,18,35,53-55,57-60,62-63,65-67H,3-11,13,15-17,19-34,36-52H2,1-2H3,(H,61,64)/b14-12-,35-18-. The first-order chi connectivity index (χ1) is 33.8. The van der Waals surface area contributed by atoms with Crippen molar-refractivity contribution >= 4 is 5.91 Å². The number of ether oxygens (including phenoxy) is 2. The number of aliphatic hydroxyl groups excluding tert-OH is 5. The van der Waals surface area contributed by atoms with Crippen LogP contribution in [0.25, 0.3) is 0 Å². The lowest BCUT2D eigenvalue weighted by Crippen LogP contribution is -2.60. The number of amides is 1. The second-order valence-corrected chi connectivity index (χ2v) is 21.1. The van der Waals surface area contributed by atoms with Crippen LogP contribution in [0.5, 0.6) is 0 Å². The molecule has 0 radical (unpaired) electrons. The van der Waals surface area contributed by atoms with Crippen LogP contribution < -0.4 is 5.32 Å². The van der Waals surface area contributed by atoms with Crippen molar-refractivity contribution in [2.75, 3.05) is 13.2 Å². The van der Waals surface area contributed by atoms with Gasteiger partial charge in [0.05, 0.1) is 25.4 Å². The van der Waals surface area contributed by atoms with E-state index in [0.717, 1.165) is 64.2 Å². The fraction of sp³-hybridized carbons (Fsp3) is 0.917. The molecule has 7 atom stereocenters. The second-order valence-electron chi connectivity index (χ2n) is 21.1. The molecule has 0 aromatic carbocycles. The Morgan fingerprint density at radius 1 is 0.493 bits per heavy atom. The number of carbonyl (C=O) groups excluding carboxylic acids is 1. The number of rotatable bonds is 52. The lowest BCUT2D eigenvalue weighted by atomic mass is 9.99. The quantitative estimate of drug-likeness (QED) is 0.0261. The summed E-state index contributed by atoms with van der Waals surface area (Å²) in [6.07, 6.45) is 56.6. The maximum absolute atomic E-state index is 13.0. The van der Waals surface area contributed by atoms with E-state index >= 15 is 0 Å². The van der Waals surface area contributed by atoms with Gasteiger partial charge in [-0.15, -0.1) is 0 Å². The highest BCUT2D eigenvalue weighted by Crippen LogP contribution is 2.23. The van der Waals surface area contributed by atoms with E-state index < -0.39 is 49.5 Å². The Morgan fingerprint density at radius 2 is 0.855 bits per heavy atom. The minimum atomic E-state index is -1.56. The number of aliphatic hydroxyl groups is 5. The number of nitrogens with one attached hydrogen (secondary N) is 1. The van der Waals surface area contributed by atoms with Crippen molar-refractivity contribution in [3.8, 4) is 0 Å². The predicted octanol–water partition coefficient (Wildman–Crippen LogP) is 15.0. The minimum absolute atomic E-state index is 0.141. The predicted molar refractivity (Wildman–Crippen MR) is 290 cm³/mol. The van der Waals surface area contributed by atoms with E-state index in [0.29, 0.717) is 12.8 Å². The van der Waals surface area contributed by atoms with Crippen LogP contribution in [0, 0.1) is 0 Å². The number of hydrogen-bond donors (Lipinski definition) is 6. The summed E-state index contributed by atoms with van der Waals surface area (Å²) in [6, 6.07) is -0.726. The summed E-state index contributed by atoms with van der Waals surface area (Å²) in [7, 11) is 0. The molecule has 1 heterocycles. The average molecular weight is 979 g/mol. The van der Waals surface area contributed by atoms with E-state index in [9.17, 15) is 30.3 Å². The fourth-order valence-corrected chi connectivity index (χ4v) is 9.78. The minimum Gasteiger partial charge on any atom is -0.394 e. The molecule has 408 valence electrons. The Bertz CT molecular complexity index is 1130. The van der Waals surface area contributed by atoms with Gasteiger partial charge in [-0.1, -0.05) is 269 Å². The molecule has 1 rings (SSSR count). The molecule has 0 aliphatic carbocycles. The largest absolute Gasteiger partial charge is 0.394 e. The van der Waals surface area contributed by atoms with E-state index in [1.54, 1.807) is 0 Å². The van der Waals surface area contributed by atoms with Gasteiger partial charge < -0.3 is 40.3 Å². The molecule has 1 saturated heterocycles. The zero-order valence-electron chi connectivity index (χ0n) is 45.3. The van der Waals surface area contributed by atoms with Gasteiger partial charge in [-0.3, -0.25) is 4.79 Å². The van der Waals surface area contributed by atoms with Crippen molar-refractivity contribution in [3.63, 3.8) is 0 Å². The Hall–Kier alpha value is -1.33. The van der Waals surface area contributed by atoms with Crippen molar-refractivity contribution in [1.82, 2.24) is 5.32 Å². The number of hydrogen-bond acceptors (Lipinski definition) is 8. The van der Waals surface area contributed by atoms with Crippen LogP contribution in [0.15, 0.2) is 24.3 Å². The summed E-state index contributed by atoms with van der Waals surface area (Å²) < 4.78 is 11.3. The molecule has 0 spiro atoms. The van der Waals surface area contributed by atoms with Crippen molar-refractivity contribution in [2.24, 2.45) is 0 Å². The Labute approximate surface area is 426 Å². The lowest BCUT2D eigenvalue weighted by Gasteiger charge is -2.40. The number of carbonyl (C=O) groups is 1. The van der Waals surface area contributed by atoms with E-state index in [4.69, 9.17) is 9.47 Å². The topological polar surface area (TPSA) is 149 Å². The lowest BCUT2D eigenvalue weighted by molar-refractivity contribution is -0.302. The second kappa shape index (κ2) is 50.2. The molecule has 9 nitrogen and oxygen atoms in total. The average Bonchev–Trinajstić information content (AvgIpc) is 3.35. The van der Waals surface area contributed by atoms with Gasteiger partial charge in [0.1, 0.15) is 24.4 Å². The summed E-state index contributed by atoms with van der Waals surface area (Å²) in [5, 5.41) is 54.7. The zero-order valence-corrected chi connectivity index (χ0v) is 45.3. The van der Waals surface area contributed by atoms with Gasteiger partial charge in [-0.2, -0.15) is 0 Å². The van der Waals surface area contributed by atoms with Gasteiger partial charge in [0, 0.05) is 6.42 Å². The molecule has 9 heteroatoms. The van der Waals surface area contributed by atoms with Crippen molar-refractivity contribution in [3.05, 3.63) is 24.3 Å². The Kier molecular flexibility index (Phi) is 47.8. The van der Waals surface area contributed by atoms with Crippen LogP contribution >= 0.6 is 0 Å². The molecule has 0 saturated carbocycles. The molecule has 1 amide bonds. The number of unbranched alkanes of at least 4 members (excludes halogenated alkanes) is 38. The summed E-state index contributed by atoms with van der Waals surface area (Å²) in [5.74, 6) is -0.155. The Balaban J connectivity index is 2.12. The third-order valence-corrected chi connectivity index (χ3v) is 14.6. The molecule has 0 aromatic heterocycles. The fourth-order valence-electron chi connectivity index (χ4n) is 9.78. The molecule has 1 aliphatic rings. The molecule has 1 fully saturated rings. The van der Waals surface area contributed by atoms with E-state index in [1.807, 2.05) is 0 Å². The van der Waals surface area contributed by atoms with Gasteiger partial charge in [-0.05, 0) is 44.9 Å². The monoisotopic (exact) mass is 978 g/mol. The van der Waals surface area contributed by atoms with Crippen molar-refractivity contribution in [2.45, 2.75) is 339 Å². The van der Waals surface area contributed by atoms with E-state index in [1.165, 1.54) is 205 Å². The van der Waals surface area contributed by atoms with Crippen LogP contribution in [0.2, 0.25) is 0 Å². The molecule has 0 bridgehead atoms. The molecule has 7 unspecified atom stereocenters. The van der Waals surface area contributed by atoms with Crippen LogP contribution in [-0.2, 0) is 14.3 Å². The third kappa shape index (κ3) is 39.8. The van der Waals surface area contributed by atoms with Crippen molar-refractivity contribution in [1.29, 1.82) is 0 Å². The maximum atomic E-state index is 13.0. The Morgan fingerprint density at radius 3 is 1.28 bits per heavy atom. The first kappa shape index (κ1) is 65.7. The van der Waals surface area contributed by atoms with Gasteiger partial charge in [-0.25, -0.2) is 0 Å². The van der Waals surface area contributed by atoms with E-state index in [-0.39, 0.29) is 12.5 Å². The van der Waals surface area contributed by atoms with Gasteiger partial charge in [0.2, 0.25) is 5.91 Å². The highest BCUT2D eigenvalue weighted by atomic mass is 16.7.